The molecular weight excluding hydrogens is 592 g/mol. The van der Waals surface area contributed by atoms with E-state index in [0.29, 0.717) is 54.4 Å². The number of nitrogens with one attached hydrogen (secondary N) is 4. The Balaban J connectivity index is 1.37. The van der Waals surface area contributed by atoms with Gasteiger partial charge in [0, 0.05) is 73.3 Å². The molecule has 0 bridgehead atoms. The Morgan fingerprint density at radius 2 is 1.84 bits per heavy atom. The summed E-state index contributed by atoms with van der Waals surface area (Å²) in [5, 5.41) is 21.2. The van der Waals surface area contributed by atoms with E-state index >= 15 is 8.78 Å². The Morgan fingerprint density at radius 1 is 1.02 bits per heavy atom. The molecule has 0 spiro atoms. The van der Waals surface area contributed by atoms with Gasteiger partial charge in [0.25, 0.3) is 0 Å². The number of carbonyl (C=O) groups is 1. The smallest absolute Gasteiger partial charge is 0.220 e. The van der Waals surface area contributed by atoms with Crippen LogP contribution in [0.3, 0.4) is 0 Å². The van der Waals surface area contributed by atoms with E-state index in [1.165, 1.54) is 31.6 Å². The molecule has 3 aromatic heterocycles. The molecule has 10 nitrogen and oxygen atoms in total. The van der Waals surface area contributed by atoms with Gasteiger partial charge in [-0.05, 0) is 30.7 Å². The molecule has 1 aliphatic heterocycles. The van der Waals surface area contributed by atoms with E-state index in [-0.39, 0.29) is 47.2 Å². The Morgan fingerprint density at radius 3 is 2.61 bits per heavy atom. The third kappa shape index (κ3) is 7.11. The first-order valence-corrected chi connectivity index (χ1v) is 14.5. The molecule has 230 valence electrons. The highest BCUT2D eigenvalue weighted by Crippen LogP contribution is 2.38. The summed E-state index contributed by atoms with van der Waals surface area (Å²) in [4.78, 5) is 24.3. The maximum atomic E-state index is 16.0. The standard InChI is InChI=1S/C31H32ClF2N7O3/c1-44-31-19(16-36-17-20-6-8-25(43)39-20)5-7-23(41-31)21-10-12-37-29(28(21)34)22-3-2-4-24(26(22)32)40-30-27(33)18(9-11-38-30)15-35-13-14-42/h2-5,7,9-12,20,35-36,42H,6,8,13-17H2,1H3,(H,38,40)(H,39,43)/t20-/m0/s1. The molecule has 1 saturated heterocycles. The van der Waals surface area contributed by atoms with Crippen LogP contribution in [0.4, 0.5) is 20.3 Å². The highest BCUT2D eigenvalue weighted by molar-refractivity contribution is 6.36. The normalized spacial score (nSPS) is 14.5. The van der Waals surface area contributed by atoms with Crippen molar-refractivity contribution in [2.24, 2.45) is 0 Å². The summed E-state index contributed by atoms with van der Waals surface area (Å²) in [6, 6.07) is 11.6. The zero-order chi connectivity index (χ0) is 31.1. The number of benzene rings is 1. The van der Waals surface area contributed by atoms with Crippen molar-refractivity contribution in [3.8, 4) is 28.4 Å². The van der Waals surface area contributed by atoms with Crippen LogP contribution in [0.15, 0.2) is 54.9 Å². The highest BCUT2D eigenvalue weighted by Gasteiger charge is 2.22. The van der Waals surface area contributed by atoms with E-state index in [4.69, 9.17) is 21.4 Å². The molecule has 5 rings (SSSR count). The summed E-state index contributed by atoms with van der Waals surface area (Å²) in [6.07, 6.45) is 4.25. The van der Waals surface area contributed by atoms with Crippen molar-refractivity contribution in [2.75, 3.05) is 32.1 Å². The molecule has 0 aliphatic carbocycles. The zero-order valence-electron chi connectivity index (χ0n) is 24.0. The number of aliphatic hydroxyl groups excluding tert-OH is 1. The lowest BCUT2D eigenvalue weighted by Gasteiger charge is -2.15. The number of carbonyl (C=O) groups excluding carboxylic acids is 1. The average molecular weight is 624 g/mol. The van der Waals surface area contributed by atoms with Crippen LogP contribution < -0.4 is 26.0 Å². The van der Waals surface area contributed by atoms with Gasteiger partial charge in [-0.1, -0.05) is 29.8 Å². The number of methoxy groups -OCH3 is 1. The summed E-state index contributed by atoms with van der Waals surface area (Å²) in [5.41, 5.74) is 2.30. The van der Waals surface area contributed by atoms with E-state index < -0.39 is 11.6 Å². The van der Waals surface area contributed by atoms with Gasteiger partial charge < -0.3 is 31.1 Å². The molecule has 0 unspecified atom stereocenters. The van der Waals surface area contributed by atoms with Crippen molar-refractivity contribution in [2.45, 2.75) is 32.0 Å². The van der Waals surface area contributed by atoms with Gasteiger partial charge in [-0.25, -0.2) is 18.7 Å². The van der Waals surface area contributed by atoms with Crippen molar-refractivity contribution >= 4 is 29.0 Å². The number of halogens is 3. The number of hydrogen-bond donors (Lipinski definition) is 5. The third-order valence-electron chi connectivity index (χ3n) is 7.17. The van der Waals surface area contributed by atoms with Crippen molar-refractivity contribution in [1.82, 2.24) is 30.9 Å². The number of pyridine rings is 3. The third-order valence-corrected chi connectivity index (χ3v) is 7.58. The fourth-order valence-electron chi connectivity index (χ4n) is 4.92. The number of anilines is 2. The number of ether oxygens (including phenoxy) is 1. The van der Waals surface area contributed by atoms with Crippen molar-refractivity contribution in [3.05, 3.63) is 82.6 Å². The second kappa shape index (κ2) is 14.5. The summed E-state index contributed by atoms with van der Waals surface area (Å²) >= 11 is 6.70. The molecule has 5 N–H and O–H groups in total. The van der Waals surface area contributed by atoms with Gasteiger partial charge in [0.2, 0.25) is 11.8 Å². The fraction of sp³-hybridized carbons (Fsp3) is 0.290. The average Bonchev–Trinajstić information content (AvgIpc) is 3.45. The van der Waals surface area contributed by atoms with Gasteiger partial charge in [0.1, 0.15) is 5.69 Å². The molecule has 13 heteroatoms. The fourth-order valence-corrected chi connectivity index (χ4v) is 5.18. The van der Waals surface area contributed by atoms with E-state index in [0.717, 1.165) is 12.0 Å². The van der Waals surface area contributed by atoms with Crippen LogP contribution in [0.5, 0.6) is 5.88 Å². The van der Waals surface area contributed by atoms with Gasteiger partial charge in [-0.3, -0.25) is 9.78 Å². The SMILES string of the molecule is COc1nc(-c2ccnc(-c3cccc(Nc4nccc(CNCCO)c4F)c3Cl)c2F)ccc1CNC[C@@H]1CCC(=O)N1. The van der Waals surface area contributed by atoms with Gasteiger partial charge in [0.05, 0.1) is 30.1 Å². The molecule has 1 amide bonds. The molecule has 4 aromatic rings. The Bertz CT molecular complexity index is 1640. The zero-order valence-corrected chi connectivity index (χ0v) is 24.7. The number of hydrogen-bond acceptors (Lipinski definition) is 9. The Hall–Kier alpha value is -4.23. The minimum Gasteiger partial charge on any atom is -0.481 e. The maximum absolute atomic E-state index is 16.0. The Kier molecular flexibility index (Phi) is 10.3. The van der Waals surface area contributed by atoms with E-state index in [2.05, 4.69) is 36.2 Å². The van der Waals surface area contributed by atoms with Crippen molar-refractivity contribution in [3.63, 3.8) is 0 Å². The highest BCUT2D eigenvalue weighted by atomic mass is 35.5. The lowest BCUT2D eigenvalue weighted by molar-refractivity contribution is -0.119. The van der Waals surface area contributed by atoms with Gasteiger partial charge >= 0.3 is 0 Å². The monoisotopic (exact) mass is 623 g/mol. The quantitative estimate of drug-likeness (QED) is 0.138. The van der Waals surface area contributed by atoms with Gasteiger partial charge in [0.15, 0.2) is 17.5 Å². The summed E-state index contributed by atoms with van der Waals surface area (Å²) in [5.74, 6) is -0.854. The van der Waals surface area contributed by atoms with Gasteiger partial charge in [-0.15, -0.1) is 0 Å². The first kappa shape index (κ1) is 31.2. The second-order valence-corrected chi connectivity index (χ2v) is 10.5. The predicted octanol–water partition coefficient (Wildman–Crippen LogP) is 4.34. The first-order valence-electron chi connectivity index (χ1n) is 14.1. The van der Waals surface area contributed by atoms with E-state index in [1.807, 2.05) is 6.07 Å². The van der Waals surface area contributed by atoms with Crippen LogP contribution in [-0.2, 0) is 17.9 Å². The number of nitrogens with zero attached hydrogens (tertiary/aromatic N) is 3. The van der Waals surface area contributed by atoms with E-state index in [1.54, 1.807) is 24.3 Å². The predicted molar refractivity (Wildman–Crippen MR) is 164 cm³/mol. The van der Waals surface area contributed by atoms with Crippen LogP contribution in [0.25, 0.3) is 22.5 Å². The molecule has 1 fully saturated rings. The largest absolute Gasteiger partial charge is 0.481 e. The van der Waals surface area contributed by atoms with Crippen molar-refractivity contribution in [1.29, 1.82) is 0 Å². The van der Waals surface area contributed by atoms with Crippen molar-refractivity contribution < 1.29 is 23.4 Å². The molecule has 1 atom stereocenters. The molecular formula is C31H32ClF2N7O3. The van der Waals surface area contributed by atoms with E-state index in [9.17, 15) is 4.79 Å². The Labute approximate surface area is 258 Å². The first-order chi connectivity index (χ1) is 21.4. The molecule has 0 radical (unpaired) electrons. The second-order valence-electron chi connectivity index (χ2n) is 10.1. The van der Waals surface area contributed by atoms with Crippen LogP contribution in [0, 0.1) is 11.6 Å². The lowest BCUT2D eigenvalue weighted by atomic mass is 10.0. The van der Waals surface area contributed by atoms with Crippen LogP contribution >= 0.6 is 11.6 Å². The lowest BCUT2D eigenvalue weighted by Crippen LogP contribution is -2.35. The topological polar surface area (TPSA) is 133 Å². The summed E-state index contributed by atoms with van der Waals surface area (Å²) in [7, 11) is 1.50. The molecule has 1 aliphatic rings. The summed E-state index contributed by atoms with van der Waals surface area (Å²) < 4.78 is 36.6. The molecule has 1 aromatic carbocycles. The van der Waals surface area contributed by atoms with Crippen LogP contribution in [0.2, 0.25) is 5.02 Å². The molecule has 44 heavy (non-hydrogen) atoms. The minimum atomic E-state index is -0.634. The molecule has 0 saturated carbocycles. The minimum absolute atomic E-state index is 0.00310. The van der Waals surface area contributed by atoms with Crippen LogP contribution in [-0.4, -0.2) is 58.8 Å². The molecule has 4 heterocycles. The summed E-state index contributed by atoms with van der Waals surface area (Å²) in [6.45, 7) is 1.53. The number of amides is 1. The van der Waals surface area contributed by atoms with Crippen LogP contribution in [0.1, 0.15) is 24.0 Å². The number of rotatable bonds is 13. The number of aromatic nitrogens is 3. The number of aliphatic hydroxyl groups is 1. The van der Waals surface area contributed by atoms with Gasteiger partial charge in [-0.2, -0.15) is 0 Å². The maximum Gasteiger partial charge on any atom is 0.220 e.